The van der Waals surface area contributed by atoms with Gasteiger partial charge in [0.25, 0.3) is 0 Å². The summed E-state index contributed by atoms with van der Waals surface area (Å²) in [5.41, 5.74) is 6.99. The minimum absolute atomic E-state index is 0.106. The van der Waals surface area contributed by atoms with E-state index in [-0.39, 0.29) is 11.8 Å². The van der Waals surface area contributed by atoms with Crippen LogP contribution in [0.3, 0.4) is 0 Å². The first kappa shape index (κ1) is 16.9. The van der Waals surface area contributed by atoms with Gasteiger partial charge in [-0.1, -0.05) is 26.0 Å². The summed E-state index contributed by atoms with van der Waals surface area (Å²) < 4.78 is 0. The molecule has 0 bridgehead atoms. The number of nitrogens with one attached hydrogen (secondary N) is 1. The Labute approximate surface area is 124 Å². The molecule has 5 nitrogen and oxygen atoms in total. The molecule has 1 aromatic carbocycles. The van der Waals surface area contributed by atoms with Gasteiger partial charge >= 0.3 is 5.97 Å². The number of hydrogen-bond donors (Lipinski definition) is 3. The van der Waals surface area contributed by atoms with E-state index in [2.05, 4.69) is 5.32 Å². The Bertz CT molecular complexity index is 524. The van der Waals surface area contributed by atoms with Crippen molar-refractivity contribution < 1.29 is 14.7 Å². The van der Waals surface area contributed by atoms with E-state index in [9.17, 15) is 9.59 Å². The number of carbonyl (C=O) groups excluding carboxylic acids is 1. The van der Waals surface area contributed by atoms with Crippen molar-refractivity contribution >= 4 is 23.6 Å². The van der Waals surface area contributed by atoms with Crippen molar-refractivity contribution in [1.82, 2.24) is 0 Å². The lowest BCUT2D eigenvalue weighted by Crippen LogP contribution is -2.30. The van der Waals surface area contributed by atoms with Crippen LogP contribution in [0, 0.1) is 11.8 Å². The molecule has 1 atom stereocenters. The highest BCUT2D eigenvalue weighted by Gasteiger charge is 2.18. The third-order valence-electron chi connectivity index (χ3n) is 2.98. The van der Waals surface area contributed by atoms with Gasteiger partial charge in [0.1, 0.15) is 0 Å². The van der Waals surface area contributed by atoms with E-state index in [0.717, 1.165) is 12.5 Å². The van der Waals surface area contributed by atoms with Crippen molar-refractivity contribution in [3.63, 3.8) is 0 Å². The minimum Gasteiger partial charge on any atom is -0.478 e. The first-order chi connectivity index (χ1) is 9.92. The SMILES string of the molecule is CC(C)CC(CN)C(=O)Nc1cccc(/C=C/C(=O)O)c1. The molecule has 0 aromatic heterocycles. The number of carboxylic acids is 1. The molecule has 0 saturated heterocycles. The molecule has 1 rings (SSSR count). The Morgan fingerprint density at radius 1 is 1.38 bits per heavy atom. The largest absolute Gasteiger partial charge is 0.478 e. The summed E-state index contributed by atoms with van der Waals surface area (Å²) in [5.74, 6) is -0.938. The number of anilines is 1. The second-order valence-corrected chi connectivity index (χ2v) is 5.35. The van der Waals surface area contributed by atoms with Crippen LogP contribution in [0.1, 0.15) is 25.8 Å². The van der Waals surface area contributed by atoms with Crippen molar-refractivity contribution in [2.45, 2.75) is 20.3 Å². The maximum Gasteiger partial charge on any atom is 0.328 e. The molecule has 0 aliphatic heterocycles. The molecule has 0 aliphatic carbocycles. The third kappa shape index (κ3) is 6.23. The zero-order valence-corrected chi connectivity index (χ0v) is 12.4. The molecule has 1 aromatic rings. The number of hydrogen-bond acceptors (Lipinski definition) is 3. The lowest BCUT2D eigenvalue weighted by atomic mass is 9.96. The van der Waals surface area contributed by atoms with Gasteiger partial charge in [0.05, 0.1) is 5.92 Å². The molecule has 1 unspecified atom stereocenters. The number of aliphatic carboxylic acids is 1. The number of rotatable bonds is 7. The number of carbonyl (C=O) groups is 2. The Balaban J connectivity index is 2.75. The van der Waals surface area contributed by atoms with Gasteiger partial charge in [-0.3, -0.25) is 4.79 Å². The zero-order chi connectivity index (χ0) is 15.8. The quantitative estimate of drug-likeness (QED) is 0.672. The lowest BCUT2D eigenvalue weighted by Gasteiger charge is -2.17. The van der Waals surface area contributed by atoms with Gasteiger partial charge in [-0.25, -0.2) is 4.79 Å². The van der Waals surface area contributed by atoms with Gasteiger partial charge in [-0.05, 0) is 36.1 Å². The van der Waals surface area contributed by atoms with Gasteiger partial charge in [-0.15, -0.1) is 0 Å². The molecule has 0 aliphatic rings. The van der Waals surface area contributed by atoms with Crippen molar-refractivity contribution in [3.8, 4) is 0 Å². The van der Waals surface area contributed by atoms with E-state index in [0.29, 0.717) is 23.7 Å². The highest BCUT2D eigenvalue weighted by molar-refractivity contribution is 5.93. The molecule has 0 fully saturated rings. The monoisotopic (exact) mass is 290 g/mol. The molecule has 21 heavy (non-hydrogen) atoms. The summed E-state index contributed by atoms with van der Waals surface area (Å²) in [5, 5.41) is 11.4. The first-order valence-corrected chi connectivity index (χ1v) is 6.94. The van der Waals surface area contributed by atoms with E-state index >= 15 is 0 Å². The van der Waals surface area contributed by atoms with Gasteiger partial charge < -0.3 is 16.2 Å². The Hall–Kier alpha value is -2.14. The molecule has 0 heterocycles. The van der Waals surface area contributed by atoms with E-state index in [4.69, 9.17) is 10.8 Å². The van der Waals surface area contributed by atoms with Gasteiger partial charge in [0.15, 0.2) is 0 Å². The maximum atomic E-state index is 12.2. The molecule has 1 amide bonds. The fourth-order valence-corrected chi connectivity index (χ4v) is 2.01. The van der Waals surface area contributed by atoms with Crippen LogP contribution in [0.4, 0.5) is 5.69 Å². The van der Waals surface area contributed by atoms with E-state index in [1.165, 1.54) is 6.08 Å². The van der Waals surface area contributed by atoms with Gasteiger partial charge in [0, 0.05) is 18.3 Å². The van der Waals surface area contributed by atoms with Crippen LogP contribution >= 0.6 is 0 Å². The Morgan fingerprint density at radius 3 is 2.67 bits per heavy atom. The second kappa shape index (κ2) is 8.21. The number of nitrogens with two attached hydrogens (primary N) is 1. The fourth-order valence-electron chi connectivity index (χ4n) is 2.01. The maximum absolute atomic E-state index is 12.2. The molecule has 0 spiro atoms. The van der Waals surface area contributed by atoms with Crippen LogP contribution in [0.2, 0.25) is 0 Å². The van der Waals surface area contributed by atoms with E-state index in [1.54, 1.807) is 24.3 Å². The molecule has 0 saturated carbocycles. The minimum atomic E-state index is -1.01. The van der Waals surface area contributed by atoms with Crippen LogP contribution in [0.25, 0.3) is 6.08 Å². The zero-order valence-electron chi connectivity index (χ0n) is 12.4. The van der Waals surface area contributed by atoms with E-state index < -0.39 is 5.97 Å². The standard InChI is InChI=1S/C16H22N2O3/c1-11(2)8-13(10-17)16(21)18-14-5-3-4-12(9-14)6-7-15(19)20/h3-7,9,11,13H,8,10,17H2,1-2H3,(H,18,21)(H,19,20)/b7-6+. The van der Waals surface area contributed by atoms with Crippen molar-refractivity contribution in [3.05, 3.63) is 35.9 Å². The smallest absolute Gasteiger partial charge is 0.328 e. The van der Waals surface area contributed by atoms with Crippen LogP contribution in [0.5, 0.6) is 0 Å². The van der Waals surface area contributed by atoms with E-state index in [1.807, 2.05) is 13.8 Å². The number of benzene rings is 1. The average molecular weight is 290 g/mol. The molecule has 4 N–H and O–H groups in total. The van der Waals surface area contributed by atoms with Crippen LogP contribution < -0.4 is 11.1 Å². The third-order valence-corrected chi connectivity index (χ3v) is 2.98. The highest BCUT2D eigenvalue weighted by atomic mass is 16.4. The average Bonchev–Trinajstić information content (AvgIpc) is 2.42. The Morgan fingerprint density at radius 2 is 2.10 bits per heavy atom. The Kier molecular flexibility index (Phi) is 6.62. The molecular weight excluding hydrogens is 268 g/mol. The van der Waals surface area contributed by atoms with Crippen molar-refractivity contribution in [2.24, 2.45) is 17.6 Å². The van der Waals surface area contributed by atoms with Crippen molar-refractivity contribution in [2.75, 3.05) is 11.9 Å². The van der Waals surface area contributed by atoms with Gasteiger partial charge in [-0.2, -0.15) is 0 Å². The normalized spacial score (nSPS) is 12.6. The molecule has 0 radical (unpaired) electrons. The van der Waals surface area contributed by atoms with Gasteiger partial charge in [0.2, 0.25) is 5.91 Å². The molecule has 5 heteroatoms. The summed E-state index contributed by atoms with van der Waals surface area (Å²) in [6.07, 6.45) is 3.27. The van der Waals surface area contributed by atoms with Crippen LogP contribution in [-0.4, -0.2) is 23.5 Å². The summed E-state index contributed by atoms with van der Waals surface area (Å²) in [6, 6.07) is 7.01. The molecular formula is C16H22N2O3. The summed E-state index contributed by atoms with van der Waals surface area (Å²) in [4.78, 5) is 22.6. The molecule has 114 valence electrons. The summed E-state index contributed by atoms with van der Waals surface area (Å²) in [6.45, 7) is 4.41. The summed E-state index contributed by atoms with van der Waals surface area (Å²) >= 11 is 0. The predicted molar refractivity (Wildman–Crippen MR) is 83.7 cm³/mol. The second-order valence-electron chi connectivity index (χ2n) is 5.35. The van der Waals surface area contributed by atoms with Crippen LogP contribution in [0.15, 0.2) is 30.3 Å². The predicted octanol–water partition coefficient (Wildman–Crippen LogP) is 2.34. The van der Waals surface area contributed by atoms with Crippen LogP contribution in [-0.2, 0) is 9.59 Å². The number of amides is 1. The topological polar surface area (TPSA) is 92.4 Å². The summed E-state index contributed by atoms with van der Waals surface area (Å²) in [7, 11) is 0. The highest BCUT2D eigenvalue weighted by Crippen LogP contribution is 2.16. The first-order valence-electron chi connectivity index (χ1n) is 6.94. The fraction of sp³-hybridized carbons (Fsp3) is 0.375. The van der Waals surface area contributed by atoms with Crippen molar-refractivity contribution in [1.29, 1.82) is 0 Å². The number of carboxylic acid groups (broad SMARTS) is 1. The lowest BCUT2D eigenvalue weighted by molar-refractivity contribution is -0.131.